The van der Waals surface area contributed by atoms with E-state index in [4.69, 9.17) is 0 Å². The summed E-state index contributed by atoms with van der Waals surface area (Å²) in [4.78, 5) is 24.1. The third kappa shape index (κ3) is 1.85. The van der Waals surface area contributed by atoms with Crippen molar-refractivity contribution in [2.75, 3.05) is 0 Å². The molecule has 0 spiro atoms. The van der Waals surface area contributed by atoms with Gasteiger partial charge in [0.25, 0.3) is 0 Å². The number of fused-ring (bicyclic) bond motifs is 1. The second-order valence-corrected chi connectivity index (χ2v) is 4.62. The summed E-state index contributed by atoms with van der Waals surface area (Å²) in [6.07, 6.45) is 5.37. The number of hydrogen-bond donors (Lipinski definition) is 1. The van der Waals surface area contributed by atoms with Crippen molar-refractivity contribution in [3.8, 4) is 0 Å². The van der Waals surface area contributed by atoms with Crippen LogP contribution in [0.15, 0.2) is 36.2 Å². The predicted octanol–water partition coefficient (Wildman–Crippen LogP) is 2.44. The van der Waals surface area contributed by atoms with E-state index in [0.717, 1.165) is 21.5 Å². The average Bonchev–Trinajstić information content (AvgIpc) is 3.00. The molecule has 0 aliphatic rings. The molecule has 0 bridgehead atoms. The molecule has 5 heteroatoms. The van der Waals surface area contributed by atoms with Gasteiger partial charge in [-0.15, -0.1) is 11.3 Å². The van der Waals surface area contributed by atoms with Crippen molar-refractivity contribution in [2.45, 2.75) is 6.42 Å². The Morgan fingerprint density at radius 1 is 1.41 bits per heavy atom. The maximum atomic E-state index is 12.0. The van der Waals surface area contributed by atoms with Gasteiger partial charge in [-0.3, -0.25) is 9.78 Å². The monoisotopic (exact) mass is 243 g/mol. The third-order valence-corrected chi connectivity index (χ3v) is 3.46. The number of Topliss-reactive ketones (excluding diaryl/α,β-unsaturated/α-hetero) is 1. The Morgan fingerprint density at radius 3 is 3.18 bits per heavy atom. The Balaban J connectivity index is 1.95. The number of ketones is 1. The molecule has 0 fully saturated rings. The molecule has 0 saturated heterocycles. The fourth-order valence-corrected chi connectivity index (χ4v) is 2.41. The first kappa shape index (κ1) is 10.2. The van der Waals surface area contributed by atoms with E-state index in [-0.39, 0.29) is 5.78 Å². The normalized spacial score (nSPS) is 10.8. The Hall–Kier alpha value is -2.01. The van der Waals surface area contributed by atoms with Gasteiger partial charge in [0.05, 0.1) is 28.4 Å². The molecule has 84 valence electrons. The zero-order chi connectivity index (χ0) is 11.7. The van der Waals surface area contributed by atoms with Crippen LogP contribution in [0.4, 0.5) is 0 Å². The van der Waals surface area contributed by atoms with E-state index in [1.807, 2.05) is 17.5 Å². The first-order valence-corrected chi connectivity index (χ1v) is 6.05. The molecule has 0 aliphatic heterocycles. The molecule has 0 saturated carbocycles. The van der Waals surface area contributed by atoms with Crippen molar-refractivity contribution in [1.82, 2.24) is 15.0 Å². The summed E-state index contributed by atoms with van der Waals surface area (Å²) < 4.78 is 0. The number of pyridine rings is 1. The number of H-pyrrole nitrogens is 1. The number of imidazole rings is 1. The lowest BCUT2D eigenvalue weighted by atomic mass is 10.1. The maximum Gasteiger partial charge on any atom is 0.177 e. The average molecular weight is 243 g/mol. The van der Waals surface area contributed by atoms with Gasteiger partial charge in [0.2, 0.25) is 0 Å². The lowest BCUT2D eigenvalue weighted by molar-refractivity contribution is 0.0997. The predicted molar refractivity (Wildman–Crippen MR) is 66.2 cm³/mol. The Labute approximate surface area is 101 Å². The number of hydrogen-bond acceptors (Lipinski definition) is 4. The molecule has 0 aromatic carbocycles. The standard InChI is InChI=1S/C12H9N3OS/c16-10(11-2-1-3-17-11)4-8-5-13-6-9-12(8)15-7-14-9/h1-3,5-7H,4H2,(H,14,15). The minimum Gasteiger partial charge on any atom is -0.343 e. The molecule has 17 heavy (non-hydrogen) atoms. The summed E-state index contributed by atoms with van der Waals surface area (Å²) in [5.41, 5.74) is 2.55. The lowest BCUT2D eigenvalue weighted by Gasteiger charge is -1.99. The summed E-state index contributed by atoms with van der Waals surface area (Å²) in [5.74, 6) is 0.109. The Kier molecular flexibility index (Phi) is 2.45. The topological polar surface area (TPSA) is 58.6 Å². The van der Waals surface area contributed by atoms with Crippen LogP contribution in [0, 0.1) is 0 Å². The highest BCUT2D eigenvalue weighted by Gasteiger charge is 2.11. The minimum atomic E-state index is 0.109. The van der Waals surface area contributed by atoms with Crippen LogP contribution in [-0.4, -0.2) is 20.7 Å². The van der Waals surface area contributed by atoms with E-state index in [2.05, 4.69) is 15.0 Å². The van der Waals surface area contributed by atoms with Crippen LogP contribution >= 0.6 is 11.3 Å². The summed E-state index contributed by atoms with van der Waals surface area (Å²) in [6.45, 7) is 0. The molecular weight excluding hydrogens is 234 g/mol. The number of carbonyl (C=O) groups is 1. The van der Waals surface area contributed by atoms with Crippen molar-refractivity contribution in [3.63, 3.8) is 0 Å². The smallest absolute Gasteiger partial charge is 0.177 e. The second kappa shape index (κ2) is 4.10. The SMILES string of the molecule is O=C(Cc1cncc2[nH]cnc12)c1cccs1. The second-order valence-electron chi connectivity index (χ2n) is 3.67. The van der Waals surface area contributed by atoms with E-state index in [0.29, 0.717) is 6.42 Å². The highest BCUT2D eigenvalue weighted by atomic mass is 32.1. The highest BCUT2D eigenvalue weighted by Crippen LogP contribution is 2.17. The molecule has 0 amide bonds. The third-order valence-electron chi connectivity index (χ3n) is 2.55. The van der Waals surface area contributed by atoms with Crippen LogP contribution in [0.3, 0.4) is 0 Å². The molecule has 4 nitrogen and oxygen atoms in total. The number of nitrogens with zero attached hydrogens (tertiary/aromatic N) is 2. The first-order valence-electron chi connectivity index (χ1n) is 5.17. The molecule has 3 heterocycles. The zero-order valence-electron chi connectivity index (χ0n) is 8.88. The molecule has 0 aliphatic carbocycles. The van der Waals surface area contributed by atoms with Gasteiger partial charge in [-0.05, 0) is 11.4 Å². The summed E-state index contributed by atoms with van der Waals surface area (Å²) in [5, 5.41) is 1.90. The highest BCUT2D eigenvalue weighted by molar-refractivity contribution is 7.12. The zero-order valence-corrected chi connectivity index (χ0v) is 9.70. The van der Waals surface area contributed by atoms with Crippen LogP contribution in [-0.2, 0) is 6.42 Å². The van der Waals surface area contributed by atoms with Crippen molar-refractivity contribution in [2.24, 2.45) is 0 Å². The molecule has 3 aromatic heterocycles. The largest absolute Gasteiger partial charge is 0.343 e. The van der Waals surface area contributed by atoms with Crippen LogP contribution in [0.1, 0.15) is 15.2 Å². The molecule has 0 atom stereocenters. The van der Waals surface area contributed by atoms with Gasteiger partial charge in [0, 0.05) is 18.2 Å². The van der Waals surface area contributed by atoms with Gasteiger partial charge in [0.15, 0.2) is 5.78 Å². The molecule has 3 aromatic rings. The summed E-state index contributed by atoms with van der Waals surface area (Å²) >= 11 is 1.46. The molecule has 1 N–H and O–H groups in total. The fourth-order valence-electron chi connectivity index (χ4n) is 1.75. The molecule has 0 radical (unpaired) electrons. The number of carbonyl (C=O) groups excluding carboxylic acids is 1. The number of thiophene rings is 1. The quantitative estimate of drug-likeness (QED) is 0.719. The van der Waals surface area contributed by atoms with Gasteiger partial charge >= 0.3 is 0 Å². The van der Waals surface area contributed by atoms with Crippen molar-refractivity contribution in [3.05, 3.63) is 46.7 Å². The van der Waals surface area contributed by atoms with Crippen molar-refractivity contribution in [1.29, 1.82) is 0 Å². The number of aromatic amines is 1. The Bertz CT molecular complexity index is 657. The van der Waals surface area contributed by atoms with Crippen LogP contribution in [0.5, 0.6) is 0 Å². The lowest BCUT2D eigenvalue weighted by Crippen LogP contribution is -2.02. The van der Waals surface area contributed by atoms with E-state index in [1.165, 1.54) is 11.3 Å². The summed E-state index contributed by atoms with van der Waals surface area (Å²) in [7, 11) is 0. The first-order chi connectivity index (χ1) is 8.34. The van der Waals surface area contributed by atoms with Crippen LogP contribution in [0.25, 0.3) is 11.0 Å². The molecule has 0 unspecified atom stereocenters. The van der Waals surface area contributed by atoms with Gasteiger partial charge in [-0.1, -0.05) is 6.07 Å². The van der Waals surface area contributed by atoms with E-state index in [9.17, 15) is 4.79 Å². The number of aromatic nitrogens is 3. The van der Waals surface area contributed by atoms with E-state index >= 15 is 0 Å². The van der Waals surface area contributed by atoms with Crippen LogP contribution < -0.4 is 0 Å². The van der Waals surface area contributed by atoms with Gasteiger partial charge < -0.3 is 4.98 Å². The molecule has 3 rings (SSSR count). The Morgan fingerprint density at radius 2 is 2.35 bits per heavy atom. The van der Waals surface area contributed by atoms with Crippen LogP contribution in [0.2, 0.25) is 0 Å². The van der Waals surface area contributed by atoms with Crippen molar-refractivity contribution < 1.29 is 4.79 Å². The fraction of sp³-hybridized carbons (Fsp3) is 0.0833. The van der Waals surface area contributed by atoms with E-state index in [1.54, 1.807) is 18.7 Å². The summed E-state index contributed by atoms with van der Waals surface area (Å²) in [6, 6.07) is 3.72. The van der Waals surface area contributed by atoms with E-state index < -0.39 is 0 Å². The van der Waals surface area contributed by atoms with Gasteiger partial charge in [-0.25, -0.2) is 4.98 Å². The van der Waals surface area contributed by atoms with Gasteiger partial charge in [0.1, 0.15) is 0 Å². The van der Waals surface area contributed by atoms with Gasteiger partial charge in [-0.2, -0.15) is 0 Å². The number of nitrogens with one attached hydrogen (secondary N) is 1. The molecular formula is C12H9N3OS. The van der Waals surface area contributed by atoms with Crippen molar-refractivity contribution >= 4 is 28.2 Å². The minimum absolute atomic E-state index is 0.109. The maximum absolute atomic E-state index is 12.0. The number of rotatable bonds is 3.